The van der Waals surface area contributed by atoms with Crippen molar-refractivity contribution in [3.8, 4) is 11.4 Å². The van der Waals surface area contributed by atoms with E-state index in [0.29, 0.717) is 41.3 Å². The third-order valence-corrected chi connectivity index (χ3v) is 5.36. The molecule has 4 aromatic heterocycles. The fraction of sp³-hybridized carbons (Fsp3) is 0.217. The summed E-state index contributed by atoms with van der Waals surface area (Å²) in [6.07, 6.45) is 7.00. The molecule has 0 saturated carbocycles. The summed E-state index contributed by atoms with van der Waals surface area (Å²) in [5.74, 6) is 0.220. The van der Waals surface area contributed by atoms with Gasteiger partial charge in [0.1, 0.15) is 17.2 Å². The van der Waals surface area contributed by atoms with E-state index in [-0.39, 0.29) is 11.9 Å². The maximum Gasteiger partial charge on any atom is 0.166 e. The van der Waals surface area contributed by atoms with Crippen LogP contribution in [0.25, 0.3) is 33.5 Å². The fourth-order valence-electron chi connectivity index (χ4n) is 3.76. The van der Waals surface area contributed by atoms with E-state index in [4.69, 9.17) is 0 Å². The number of anilines is 1. The van der Waals surface area contributed by atoms with Gasteiger partial charge in [-0.2, -0.15) is 0 Å². The van der Waals surface area contributed by atoms with Crippen molar-refractivity contribution >= 4 is 27.9 Å². The van der Waals surface area contributed by atoms with E-state index in [1.807, 2.05) is 24.6 Å². The second kappa shape index (κ2) is 7.99. The number of H-pyrrole nitrogens is 1. The monoisotopic (exact) mass is 433 g/mol. The average Bonchev–Trinajstić information content (AvgIpc) is 3.37. The van der Waals surface area contributed by atoms with Gasteiger partial charge in [0.25, 0.3) is 0 Å². The summed E-state index contributed by atoms with van der Waals surface area (Å²) in [5, 5.41) is 4.33. The molecule has 0 saturated heterocycles. The van der Waals surface area contributed by atoms with Gasteiger partial charge < -0.3 is 14.9 Å². The Morgan fingerprint density at radius 1 is 1.09 bits per heavy atom. The largest absolute Gasteiger partial charge is 0.368 e. The van der Waals surface area contributed by atoms with E-state index in [1.54, 1.807) is 12.4 Å². The van der Waals surface area contributed by atoms with Gasteiger partial charge in [0.05, 0.1) is 12.5 Å². The van der Waals surface area contributed by atoms with Crippen molar-refractivity contribution in [1.82, 2.24) is 29.5 Å². The maximum absolute atomic E-state index is 13.7. The molecule has 0 amide bonds. The molecule has 5 rings (SSSR count). The Labute approximate surface area is 182 Å². The van der Waals surface area contributed by atoms with Crippen molar-refractivity contribution in [1.29, 1.82) is 0 Å². The van der Waals surface area contributed by atoms with Gasteiger partial charge in [-0.05, 0) is 50.1 Å². The van der Waals surface area contributed by atoms with E-state index >= 15 is 0 Å². The third kappa shape index (κ3) is 3.66. The molecule has 7 nitrogen and oxygen atoms in total. The second-order valence-corrected chi connectivity index (χ2v) is 7.89. The van der Waals surface area contributed by atoms with Gasteiger partial charge in [0, 0.05) is 41.4 Å². The first-order valence-corrected chi connectivity index (χ1v) is 10.3. The summed E-state index contributed by atoms with van der Waals surface area (Å²) in [6.45, 7) is 4.66. The molecule has 0 aliphatic rings. The Morgan fingerprint density at radius 3 is 2.78 bits per heavy atom. The van der Waals surface area contributed by atoms with Gasteiger partial charge in [-0.1, -0.05) is 0 Å². The second-order valence-electron chi connectivity index (χ2n) is 7.89. The molecule has 0 unspecified atom stereocenters. The number of aromatic nitrogens is 6. The van der Waals surface area contributed by atoms with Gasteiger partial charge in [-0.15, -0.1) is 0 Å². The fourth-order valence-corrected chi connectivity index (χ4v) is 3.76. The predicted octanol–water partition coefficient (Wildman–Crippen LogP) is 4.88. The third-order valence-electron chi connectivity index (χ3n) is 5.36. The Morgan fingerprint density at radius 2 is 1.97 bits per heavy atom. The highest BCUT2D eigenvalue weighted by atomic mass is 19.1. The number of benzene rings is 1. The number of hydrogen-bond donors (Lipinski definition) is 2. The minimum absolute atomic E-state index is 0.146. The van der Waals surface area contributed by atoms with Crippen molar-refractivity contribution in [3.05, 3.63) is 66.4 Å². The van der Waals surface area contributed by atoms with Crippen LogP contribution in [0, 0.1) is 11.6 Å². The number of aromatic amines is 1. The molecule has 9 heteroatoms. The van der Waals surface area contributed by atoms with Crippen molar-refractivity contribution in [2.24, 2.45) is 0 Å². The summed E-state index contributed by atoms with van der Waals surface area (Å²) in [4.78, 5) is 20.8. The summed E-state index contributed by atoms with van der Waals surface area (Å²) in [6, 6.07) is 6.22. The van der Waals surface area contributed by atoms with E-state index in [1.165, 1.54) is 24.4 Å². The zero-order valence-electron chi connectivity index (χ0n) is 17.6. The smallest absolute Gasteiger partial charge is 0.166 e. The highest BCUT2D eigenvalue weighted by Gasteiger charge is 2.16. The van der Waals surface area contributed by atoms with E-state index < -0.39 is 5.82 Å². The zero-order valence-corrected chi connectivity index (χ0v) is 17.6. The molecule has 32 heavy (non-hydrogen) atoms. The molecular formula is C23H21F2N7. The van der Waals surface area contributed by atoms with Crippen molar-refractivity contribution < 1.29 is 8.78 Å². The molecule has 0 aliphatic carbocycles. The van der Waals surface area contributed by atoms with Gasteiger partial charge >= 0.3 is 0 Å². The molecule has 4 heterocycles. The van der Waals surface area contributed by atoms with Crippen LogP contribution < -0.4 is 5.32 Å². The first-order valence-electron chi connectivity index (χ1n) is 10.3. The summed E-state index contributed by atoms with van der Waals surface area (Å²) in [7, 11) is 0. The Hall–Kier alpha value is -3.88. The van der Waals surface area contributed by atoms with Gasteiger partial charge in [0.2, 0.25) is 0 Å². The number of nitrogens with zero attached hydrogens (tertiary/aromatic N) is 5. The van der Waals surface area contributed by atoms with E-state index in [9.17, 15) is 8.78 Å². The lowest BCUT2D eigenvalue weighted by Gasteiger charge is -2.11. The number of fused-ring (bicyclic) bond motifs is 2. The first-order chi connectivity index (χ1) is 15.5. The number of pyridine rings is 1. The molecule has 2 N–H and O–H groups in total. The first kappa shape index (κ1) is 20.0. The van der Waals surface area contributed by atoms with Crippen LogP contribution in [-0.4, -0.2) is 36.0 Å². The lowest BCUT2D eigenvalue weighted by molar-refractivity contribution is 0.612. The number of imidazole rings is 1. The van der Waals surface area contributed by atoms with Crippen molar-refractivity contribution in [2.75, 3.05) is 11.9 Å². The number of rotatable bonds is 6. The lowest BCUT2D eigenvalue weighted by atomic mass is 10.1. The highest BCUT2D eigenvalue weighted by Crippen LogP contribution is 2.26. The minimum atomic E-state index is -0.450. The van der Waals surface area contributed by atoms with Crippen LogP contribution in [0.2, 0.25) is 0 Å². The minimum Gasteiger partial charge on any atom is -0.368 e. The molecule has 0 atom stereocenters. The molecule has 0 bridgehead atoms. The maximum atomic E-state index is 13.7. The van der Waals surface area contributed by atoms with Gasteiger partial charge in [-0.3, -0.25) is 4.98 Å². The molecule has 5 aromatic rings. The molecule has 1 aromatic carbocycles. The quantitative estimate of drug-likeness (QED) is 0.399. The van der Waals surface area contributed by atoms with Gasteiger partial charge in [0.15, 0.2) is 17.3 Å². The standard InChI is InChI=1S/C23H21F2N7/c1-13(2)32-12-29-20-22(30-21(31-23(20)32)15-7-17(25)11-26-9-15)27-6-5-14-10-28-19-8-16(24)3-4-18(14)19/h3-4,7-13,28H,5-6H2,1-2H3,(H,27,30,31). The molecule has 162 valence electrons. The van der Waals surface area contributed by atoms with Crippen LogP contribution in [0.1, 0.15) is 25.5 Å². The van der Waals surface area contributed by atoms with E-state index in [0.717, 1.165) is 22.7 Å². The molecular weight excluding hydrogens is 412 g/mol. The zero-order chi connectivity index (χ0) is 22.2. The number of halogens is 2. The molecule has 0 spiro atoms. The van der Waals surface area contributed by atoms with Gasteiger partial charge in [-0.25, -0.2) is 23.7 Å². The van der Waals surface area contributed by atoms with Crippen LogP contribution in [0.15, 0.2) is 49.2 Å². The van der Waals surface area contributed by atoms with Crippen molar-refractivity contribution in [2.45, 2.75) is 26.3 Å². The Kier molecular flexibility index (Phi) is 5.01. The topological polar surface area (TPSA) is 84.3 Å². The molecule has 0 radical (unpaired) electrons. The number of nitrogens with one attached hydrogen (secondary N) is 2. The predicted molar refractivity (Wildman–Crippen MR) is 119 cm³/mol. The number of hydrogen-bond acceptors (Lipinski definition) is 5. The van der Waals surface area contributed by atoms with Crippen LogP contribution >= 0.6 is 0 Å². The molecule has 0 fully saturated rings. The summed E-state index contributed by atoms with van der Waals surface area (Å²) < 4.78 is 29.1. The van der Waals surface area contributed by atoms with Crippen molar-refractivity contribution in [3.63, 3.8) is 0 Å². The molecule has 0 aliphatic heterocycles. The normalized spacial score (nSPS) is 11.7. The SMILES string of the molecule is CC(C)n1cnc2c(NCCc3c[nH]c4cc(F)ccc34)nc(-c3cncc(F)c3)nc21. The summed E-state index contributed by atoms with van der Waals surface area (Å²) >= 11 is 0. The lowest BCUT2D eigenvalue weighted by Crippen LogP contribution is -2.09. The Bertz CT molecular complexity index is 1420. The average molecular weight is 433 g/mol. The van der Waals surface area contributed by atoms with Crippen LogP contribution in [0.3, 0.4) is 0 Å². The van der Waals surface area contributed by atoms with Crippen LogP contribution in [-0.2, 0) is 6.42 Å². The highest BCUT2D eigenvalue weighted by molar-refractivity contribution is 5.85. The van der Waals surface area contributed by atoms with E-state index in [2.05, 4.69) is 30.2 Å². The van der Waals surface area contributed by atoms with Crippen LogP contribution in [0.5, 0.6) is 0 Å². The summed E-state index contributed by atoms with van der Waals surface area (Å²) in [5.41, 5.74) is 3.64. The Balaban J connectivity index is 1.48. The van der Waals surface area contributed by atoms with Crippen LogP contribution in [0.4, 0.5) is 14.6 Å².